The van der Waals surface area contributed by atoms with Crippen molar-refractivity contribution in [1.29, 1.82) is 0 Å². The monoisotopic (exact) mass is 529 g/mol. The lowest BCUT2D eigenvalue weighted by Gasteiger charge is -2.35. The molecule has 0 radical (unpaired) electrons. The molecule has 0 saturated heterocycles. The molecule has 0 fully saturated rings. The third kappa shape index (κ3) is 4.64. The molecule has 1 aromatic heterocycles. The zero-order valence-electron chi connectivity index (χ0n) is 20.8. The number of rotatable bonds is 7. The fraction of sp³-hybridized carbons (Fsp3) is 0.172. The number of sulfonamides is 1. The van der Waals surface area contributed by atoms with E-state index in [2.05, 4.69) is 4.98 Å². The topological polar surface area (TPSA) is 70.6 Å². The number of benzene rings is 3. The van der Waals surface area contributed by atoms with Gasteiger partial charge in [0.25, 0.3) is 5.91 Å². The van der Waals surface area contributed by atoms with E-state index in [1.807, 2.05) is 79.9 Å². The largest absolute Gasteiger partial charge is 0.311 e. The molecule has 1 amide bonds. The maximum atomic E-state index is 14.3. The van der Waals surface area contributed by atoms with Crippen LogP contribution < -0.4 is 4.90 Å². The molecule has 1 aliphatic heterocycles. The Morgan fingerprint density at radius 1 is 0.946 bits per heavy atom. The first-order chi connectivity index (χ1) is 17.8. The molecule has 2 heterocycles. The summed E-state index contributed by atoms with van der Waals surface area (Å²) < 4.78 is 30.3. The van der Waals surface area contributed by atoms with Gasteiger partial charge in [0.1, 0.15) is 5.01 Å². The van der Waals surface area contributed by atoms with Crippen molar-refractivity contribution in [2.24, 2.45) is 0 Å². The highest BCUT2D eigenvalue weighted by Gasteiger charge is 2.38. The summed E-state index contributed by atoms with van der Waals surface area (Å²) in [7, 11) is -2.28. The van der Waals surface area contributed by atoms with Crippen LogP contribution in [-0.4, -0.2) is 36.7 Å². The standard InChI is InChI=1S/C29H27N3O3S2/c1-20(2)32(28(21-10-6-4-7-11-21)22-12-8-5-9-13-22)37(34,35)23-14-15-26-24(18-23)25(29(33)31(26)3)19-27-30-16-17-36-27/h4-20,28H,1-3H3/b25-19+. The highest BCUT2D eigenvalue weighted by Crippen LogP contribution is 2.41. The second kappa shape index (κ2) is 10.0. The van der Waals surface area contributed by atoms with Gasteiger partial charge >= 0.3 is 0 Å². The van der Waals surface area contributed by atoms with E-state index in [-0.39, 0.29) is 16.8 Å². The first-order valence-electron chi connectivity index (χ1n) is 12.0. The summed E-state index contributed by atoms with van der Waals surface area (Å²) in [6.45, 7) is 3.77. The third-order valence-corrected chi connectivity index (χ3v) is 9.20. The predicted octanol–water partition coefficient (Wildman–Crippen LogP) is 5.85. The molecular weight excluding hydrogens is 502 g/mol. The van der Waals surface area contributed by atoms with Crippen LogP contribution in [0.15, 0.2) is 95.3 Å². The molecular formula is C29H27N3O3S2. The second-order valence-electron chi connectivity index (χ2n) is 9.12. The van der Waals surface area contributed by atoms with Crippen LogP contribution in [-0.2, 0) is 14.8 Å². The van der Waals surface area contributed by atoms with Gasteiger partial charge in [0.2, 0.25) is 10.0 Å². The predicted molar refractivity (Wildman–Crippen MR) is 149 cm³/mol. The van der Waals surface area contributed by atoms with Crippen molar-refractivity contribution < 1.29 is 13.2 Å². The lowest BCUT2D eigenvalue weighted by atomic mass is 9.98. The first-order valence-corrected chi connectivity index (χ1v) is 14.3. The number of nitrogens with zero attached hydrogens (tertiary/aromatic N) is 3. The Kier molecular flexibility index (Phi) is 6.81. The summed E-state index contributed by atoms with van der Waals surface area (Å²) in [4.78, 5) is 19.0. The number of hydrogen-bond donors (Lipinski definition) is 0. The van der Waals surface area contributed by atoms with Crippen molar-refractivity contribution in [3.05, 3.63) is 112 Å². The van der Waals surface area contributed by atoms with Gasteiger partial charge in [-0.15, -0.1) is 11.3 Å². The zero-order valence-corrected chi connectivity index (χ0v) is 22.4. The molecule has 3 aromatic carbocycles. The summed E-state index contributed by atoms with van der Waals surface area (Å²) in [5, 5.41) is 2.53. The normalized spacial score (nSPS) is 14.8. The Morgan fingerprint density at radius 3 is 2.11 bits per heavy atom. The van der Waals surface area contributed by atoms with Crippen LogP contribution in [0.5, 0.6) is 0 Å². The fourth-order valence-electron chi connectivity index (χ4n) is 4.75. The summed E-state index contributed by atoms with van der Waals surface area (Å²) in [6, 6.07) is 23.4. The van der Waals surface area contributed by atoms with Gasteiger partial charge in [0.15, 0.2) is 0 Å². The van der Waals surface area contributed by atoms with Gasteiger partial charge in [-0.05, 0) is 49.2 Å². The number of thiazole rings is 1. The third-order valence-electron chi connectivity index (χ3n) is 6.44. The second-order valence-corrected chi connectivity index (χ2v) is 11.9. The minimum atomic E-state index is -3.97. The van der Waals surface area contributed by atoms with Crippen LogP contribution in [0.25, 0.3) is 11.6 Å². The smallest absolute Gasteiger partial charge is 0.258 e. The van der Waals surface area contributed by atoms with Crippen LogP contribution in [0.4, 0.5) is 5.69 Å². The van der Waals surface area contributed by atoms with Crippen LogP contribution in [0, 0.1) is 0 Å². The number of carbonyl (C=O) groups is 1. The number of fused-ring (bicyclic) bond motifs is 1. The van der Waals surface area contributed by atoms with Crippen LogP contribution in [0.1, 0.15) is 41.6 Å². The minimum Gasteiger partial charge on any atom is -0.311 e. The lowest BCUT2D eigenvalue weighted by molar-refractivity contribution is -0.112. The quantitative estimate of drug-likeness (QED) is 0.282. The lowest BCUT2D eigenvalue weighted by Crippen LogP contribution is -2.40. The molecule has 1 aliphatic rings. The maximum Gasteiger partial charge on any atom is 0.258 e. The molecule has 0 spiro atoms. The van der Waals surface area contributed by atoms with E-state index in [9.17, 15) is 13.2 Å². The fourth-order valence-corrected chi connectivity index (χ4v) is 7.15. The number of hydrogen-bond acceptors (Lipinski definition) is 5. The molecule has 6 nitrogen and oxygen atoms in total. The Labute approximate surface area is 221 Å². The Morgan fingerprint density at radius 2 is 1.57 bits per heavy atom. The van der Waals surface area contributed by atoms with E-state index >= 15 is 0 Å². The van der Waals surface area contributed by atoms with E-state index in [4.69, 9.17) is 0 Å². The van der Waals surface area contributed by atoms with Gasteiger partial charge in [0, 0.05) is 30.2 Å². The average molecular weight is 530 g/mol. The molecule has 0 atom stereocenters. The van der Waals surface area contributed by atoms with Gasteiger partial charge in [-0.25, -0.2) is 13.4 Å². The summed E-state index contributed by atoms with van der Waals surface area (Å²) in [5.74, 6) is -0.188. The molecule has 37 heavy (non-hydrogen) atoms. The van der Waals surface area contributed by atoms with Crippen molar-refractivity contribution in [3.8, 4) is 0 Å². The molecule has 5 rings (SSSR count). The number of carbonyl (C=O) groups excluding carboxylic acids is 1. The zero-order chi connectivity index (χ0) is 26.2. The first kappa shape index (κ1) is 25.1. The number of likely N-dealkylation sites (N-methyl/N-ethyl adjacent to an activating group) is 1. The Balaban J connectivity index is 1.65. The van der Waals surface area contributed by atoms with Crippen LogP contribution in [0.2, 0.25) is 0 Å². The molecule has 4 aromatic rings. The van der Waals surface area contributed by atoms with E-state index in [0.717, 1.165) is 11.1 Å². The molecule has 0 unspecified atom stereocenters. The van der Waals surface area contributed by atoms with E-state index < -0.39 is 16.1 Å². The van der Waals surface area contributed by atoms with Crippen molar-refractivity contribution in [2.45, 2.75) is 30.8 Å². The van der Waals surface area contributed by atoms with Gasteiger partial charge < -0.3 is 4.90 Å². The van der Waals surface area contributed by atoms with Gasteiger partial charge in [0.05, 0.1) is 22.2 Å². The van der Waals surface area contributed by atoms with Crippen LogP contribution >= 0.6 is 11.3 Å². The average Bonchev–Trinajstić information content (AvgIpc) is 3.50. The summed E-state index contributed by atoms with van der Waals surface area (Å²) in [6.07, 6.45) is 3.40. The SMILES string of the molecule is CC(C)N(C(c1ccccc1)c1ccccc1)S(=O)(=O)c1ccc2c(c1)/C(=C\c1nccs1)C(=O)N2C. The number of aromatic nitrogens is 1. The Hall–Kier alpha value is -3.59. The molecule has 0 N–H and O–H groups in total. The number of anilines is 1. The summed E-state index contributed by atoms with van der Waals surface area (Å²) >= 11 is 1.42. The summed E-state index contributed by atoms with van der Waals surface area (Å²) in [5.41, 5.74) is 3.45. The van der Waals surface area contributed by atoms with Crippen LogP contribution in [0.3, 0.4) is 0 Å². The molecule has 0 bridgehead atoms. The molecule has 188 valence electrons. The van der Waals surface area contributed by atoms with Crippen molar-refractivity contribution >= 4 is 44.6 Å². The van der Waals surface area contributed by atoms with E-state index in [1.54, 1.807) is 46.7 Å². The molecule has 0 saturated carbocycles. The van der Waals surface area contributed by atoms with Crippen molar-refractivity contribution in [3.63, 3.8) is 0 Å². The number of amides is 1. The molecule has 8 heteroatoms. The minimum absolute atomic E-state index is 0.143. The van der Waals surface area contributed by atoms with E-state index in [1.165, 1.54) is 11.3 Å². The van der Waals surface area contributed by atoms with E-state index in [0.29, 0.717) is 21.8 Å². The van der Waals surface area contributed by atoms with Gasteiger partial charge in [-0.2, -0.15) is 4.31 Å². The van der Waals surface area contributed by atoms with Gasteiger partial charge in [-0.1, -0.05) is 60.7 Å². The van der Waals surface area contributed by atoms with Crippen molar-refractivity contribution in [2.75, 3.05) is 11.9 Å². The molecule has 0 aliphatic carbocycles. The highest BCUT2D eigenvalue weighted by molar-refractivity contribution is 7.89. The van der Waals surface area contributed by atoms with Crippen molar-refractivity contribution in [1.82, 2.24) is 9.29 Å². The Bertz CT molecular complexity index is 1510. The highest BCUT2D eigenvalue weighted by atomic mass is 32.2. The van der Waals surface area contributed by atoms with Gasteiger partial charge in [-0.3, -0.25) is 4.79 Å². The maximum absolute atomic E-state index is 14.3.